The van der Waals surface area contributed by atoms with Gasteiger partial charge in [0.15, 0.2) is 0 Å². The SMILES string of the molecule is CC1C(Cl)C(Cl)C(O)C(Cl)C1Cl. The van der Waals surface area contributed by atoms with E-state index in [1.165, 1.54) is 0 Å². The maximum atomic E-state index is 9.47. The van der Waals surface area contributed by atoms with E-state index >= 15 is 0 Å². The van der Waals surface area contributed by atoms with Gasteiger partial charge in [-0.15, -0.1) is 46.4 Å². The first-order valence-electron chi connectivity index (χ1n) is 3.71. The Hall–Kier alpha value is 1.12. The van der Waals surface area contributed by atoms with Gasteiger partial charge < -0.3 is 5.11 Å². The smallest absolute Gasteiger partial charge is 0.0896 e. The molecule has 1 aliphatic carbocycles. The zero-order valence-corrected chi connectivity index (χ0v) is 9.45. The molecule has 4 atom stereocenters. The van der Waals surface area contributed by atoms with Gasteiger partial charge in [-0.25, -0.2) is 0 Å². The highest BCUT2D eigenvalue weighted by molar-refractivity contribution is 6.35. The molecule has 4 unspecified atom stereocenters. The topological polar surface area (TPSA) is 20.2 Å². The molecule has 12 heavy (non-hydrogen) atoms. The molecule has 0 bridgehead atoms. The molecule has 0 aromatic rings. The van der Waals surface area contributed by atoms with Crippen LogP contribution in [0.15, 0.2) is 0 Å². The summed E-state index contributed by atoms with van der Waals surface area (Å²) in [5, 5.41) is 7.80. The number of rotatable bonds is 0. The minimum atomic E-state index is -0.825. The van der Waals surface area contributed by atoms with Gasteiger partial charge in [0.25, 0.3) is 0 Å². The van der Waals surface area contributed by atoms with Crippen LogP contribution in [-0.4, -0.2) is 32.7 Å². The predicted molar refractivity (Wildman–Crippen MR) is 53.7 cm³/mol. The summed E-state index contributed by atoms with van der Waals surface area (Å²) in [5.41, 5.74) is 0. The van der Waals surface area contributed by atoms with E-state index in [0.29, 0.717) is 0 Å². The van der Waals surface area contributed by atoms with Crippen LogP contribution in [-0.2, 0) is 0 Å². The first-order chi connectivity index (χ1) is 5.46. The number of hydrogen-bond donors (Lipinski definition) is 1. The molecule has 0 spiro atoms. The van der Waals surface area contributed by atoms with Gasteiger partial charge in [-0.2, -0.15) is 0 Å². The van der Waals surface area contributed by atoms with Crippen molar-refractivity contribution in [2.45, 2.75) is 34.5 Å². The van der Waals surface area contributed by atoms with Gasteiger partial charge >= 0.3 is 0 Å². The molecular formula is C7H10Cl4O. The van der Waals surface area contributed by atoms with Gasteiger partial charge in [-0.3, -0.25) is 0 Å². The lowest BCUT2D eigenvalue weighted by Crippen LogP contribution is -2.52. The molecule has 1 saturated carbocycles. The molecule has 0 aromatic carbocycles. The molecule has 1 aliphatic rings. The summed E-state index contributed by atoms with van der Waals surface area (Å²) in [6.07, 6.45) is -0.825. The number of halogens is 4. The number of hydrogen-bond acceptors (Lipinski definition) is 1. The van der Waals surface area contributed by atoms with Crippen molar-refractivity contribution in [1.29, 1.82) is 0 Å². The maximum absolute atomic E-state index is 9.47. The number of alkyl halides is 4. The molecule has 1 N–H and O–H groups in total. The van der Waals surface area contributed by atoms with Crippen molar-refractivity contribution in [2.75, 3.05) is 0 Å². The van der Waals surface area contributed by atoms with Crippen LogP contribution >= 0.6 is 46.4 Å². The van der Waals surface area contributed by atoms with Gasteiger partial charge in [0.2, 0.25) is 0 Å². The quantitative estimate of drug-likeness (QED) is 0.656. The van der Waals surface area contributed by atoms with Crippen LogP contribution in [0.2, 0.25) is 0 Å². The third-order valence-electron chi connectivity index (χ3n) is 2.27. The third-order valence-corrected chi connectivity index (χ3v) is 4.92. The van der Waals surface area contributed by atoms with Gasteiger partial charge in [0, 0.05) is 0 Å². The number of aliphatic hydroxyl groups is 1. The van der Waals surface area contributed by atoms with E-state index in [9.17, 15) is 5.11 Å². The molecule has 72 valence electrons. The second-order valence-corrected chi connectivity index (χ2v) is 5.14. The van der Waals surface area contributed by atoms with Crippen molar-refractivity contribution < 1.29 is 5.11 Å². The van der Waals surface area contributed by atoms with Crippen LogP contribution in [0, 0.1) is 5.92 Å². The van der Waals surface area contributed by atoms with Crippen LogP contribution in [0.4, 0.5) is 0 Å². The Kier molecular flexibility index (Phi) is 3.82. The Morgan fingerprint density at radius 1 is 0.833 bits per heavy atom. The van der Waals surface area contributed by atoms with E-state index < -0.39 is 16.9 Å². The molecule has 0 amide bonds. The fraction of sp³-hybridized carbons (Fsp3) is 1.00. The molecule has 0 heterocycles. The van der Waals surface area contributed by atoms with Crippen LogP contribution < -0.4 is 0 Å². The minimum absolute atomic E-state index is 0.0155. The summed E-state index contributed by atoms with van der Waals surface area (Å²) in [6.45, 7) is 1.88. The van der Waals surface area contributed by atoms with Crippen molar-refractivity contribution in [2.24, 2.45) is 5.92 Å². The Morgan fingerprint density at radius 2 is 1.17 bits per heavy atom. The van der Waals surface area contributed by atoms with Crippen molar-refractivity contribution in [3.05, 3.63) is 0 Å². The van der Waals surface area contributed by atoms with E-state index in [4.69, 9.17) is 46.4 Å². The van der Waals surface area contributed by atoms with E-state index in [1.807, 2.05) is 6.92 Å². The molecule has 1 nitrogen and oxygen atoms in total. The molecule has 1 rings (SSSR count). The minimum Gasteiger partial charge on any atom is -0.390 e. The Bertz CT molecular complexity index is 107. The highest BCUT2D eigenvalue weighted by atomic mass is 35.5. The fourth-order valence-corrected chi connectivity index (χ4v) is 2.84. The maximum Gasteiger partial charge on any atom is 0.0896 e. The van der Waals surface area contributed by atoms with Crippen LogP contribution in [0.25, 0.3) is 0 Å². The van der Waals surface area contributed by atoms with E-state index in [2.05, 4.69) is 0 Å². The standard InChI is InChI=1S/C7H10Cl4O/c1-2-3(8)5(10)7(12)6(11)4(2)9/h2-7,12H,1H3. The van der Waals surface area contributed by atoms with Crippen LogP contribution in [0.1, 0.15) is 6.92 Å². The summed E-state index contributed by atoms with van der Waals surface area (Å²) in [6, 6.07) is 0. The monoisotopic (exact) mass is 250 g/mol. The van der Waals surface area contributed by atoms with E-state index in [1.54, 1.807) is 0 Å². The van der Waals surface area contributed by atoms with Gasteiger partial charge in [0.05, 0.1) is 27.6 Å². The molecule has 0 radical (unpaired) electrons. The van der Waals surface area contributed by atoms with Gasteiger partial charge in [-0.1, -0.05) is 6.92 Å². The first-order valence-corrected chi connectivity index (χ1v) is 5.45. The zero-order chi connectivity index (χ0) is 9.46. The summed E-state index contributed by atoms with van der Waals surface area (Å²) in [7, 11) is 0. The Balaban J connectivity index is 2.76. The zero-order valence-electron chi connectivity index (χ0n) is 6.42. The second-order valence-electron chi connectivity index (χ2n) is 3.13. The van der Waals surface area contributed by atoms with Crippen molar-refractivity contribution in [3.63, 3.8) is 0 Å². The largest absolute Gasteiger partial charge is 0.390 e. The van der Waals surface area contributed by atoms with E-state index in [0.717, 1.165) is 0 Å². The van der Waals surface area contributed by atoms with Gasteiger partial charge in [0.1, 0.15) is 0 Å². The molecule has 0 aromatic heterocycles. The fourth-order valence-electron chi connectivity index (χ4n) is 1.31. The summed E-state index contributed by atoms with van der Waals surface area (Å²) in [5.74, 6) is 0.0155. The van der Waals surface area contributed by atoms with Crippen molar-refractivity contribution in [3.8, 4) is 0 Å². The molecule has 5 heteroatoms. The van der Waals surface area contributed by atoms with E-state index in [-0.39, 0.29) is 16.7 Å². The predicted octanol–water partition coefficient (Wildman–Crippen LogP) is 2.43. The average molecular weight is 252 g/mol. The lowest BCUT2D eigenvalue weighted by atomic mass is 9.87. The number of aliphatic hydroxyl groups excluding tert-OH is 1. The summed E-state index contributed by atoms with van der Waals surface area (Å²) < 4.78 is 0. The molecule has 1 fully saturated rings. The van der Waals surface area contributed by atoms with Gasteiger partial charge in [-0.05, 0) is 5.92 Å². The normalized spacial score (nSPS) is 55.5. The highest BCUT2D eigenvalue weighted by Crippen LogP contribution is 2.38. The van der Waals surface area contributed by atoms with Crippen molar-refractivity contribution >= 4 is 46.4 Å². The first kappa shape index (κ1) is 11.2. The van der Waals surface area contributed by atoms with Crippen LogP contribution in [0.5, 0.6) is 0 Å². The second kappa shape index (κ2) is 4.10. The lowest BCUT2D eigenvalue weighted by Gasteiger charge is -2.39. The lowest BCUT2D eigenvalue weighted by molar-refractivity contribution is 0.126. The summed E-state index contributed by atoms with van der Waals surface area (Å²) >= 11 is 23.6. The highest BCUT2D eigenvalue weighted by Gasteiger charge is 2.45. The Morgan fingerprint density at radius 3 is 1.50 bits per heavy atom. The third kappa shape index (κ3) is 1.80. The molecule has 0 saturated heterocycles. The Labute approximate surface area is 91.9 Å². The van der Waals surface area contributed by atoms with Crippen molar-refractivity contribution in [1.82, 2.24) is 0 Å². The average Bonchev–Trinajstić information content (AvgIpc) is 2.08. The molecular weight excluding hydrogens is 242 g/mol. The van der Waals surface area contributed by atoms with Crippen LogP contribution in [0.3, 0.4) is 0 Å². The summed E-state index contributed by atoms with van der Waals surface area (Å²) in [4.78, 5) is 0. The molecule has 0 aliphatic heterocycles.